The summed E-state index contributed by atoms with van der Waals surface area (Å²) in [5, 5.41) is 15.2. The fourth-order valence-electron chi connectivity index (χ4n) is 2.72. The first-order valence-corrected chi connectivity index (χ1v) is 7.50. The SMILES string of the molecule is Cc1ccc2[nH]c(-c3c(O)sc4c#cccc34)c(N=O)c2c1. The van der Waals surface area contributed by atoms with Gasteiger partial charge < -0.3 is 10.1 Å². The number of thiophene rings is 1. The highest BCUT2D eigenvalue weighted by atomic mass is 32.1. The highest BCUT2D eigenvalue weighted by Gasteiger charge is 2.21. The van der Waals surface area contributed by atoms with Crippen LogP contribution < -0.4 is 0 Å². The van der Waals surface area contributed by atoms with Crippen LogP contribution in [-0.4, -0.2) is 10.1 Å². The summed E-state index contributed by atoms with van der Waals surface area (Å²) in [6.07, 6.45) is 0. The number of aromatic amines is 1. The first-order valence-electron chi connectivity index (χ1n) is 6.69. The smallest absolute Gasteiger partial charge is 0.182 e. The minimum absolute atomic E-state index is 0.138. The van der Waals surface area contributed by atoms with Crippen LogP contribution in [0.5, 0.6) is 5.06 Å². The predicted octanol–water partition coefficient (Wildman–Crippen LogP) is 5.06. The maximum absolute atomic E-state index is 11.4. The summed E-state index contributed by atoms with van der Waals surface area (Å²) in [5.41, 5.74) is 3.32. The van der Waals surface area contributed by atoms with Gasteiger partial charge in [-0.3, -0.25) is 0 Å². The lowest BCUT2D eigenvalue weighted by molar-refractivity contribution is 0.493. The molecule has 106 valence electrons. The molecule has 0 fully saturated rings. The van der Waals surface area contributed by atoms with Crippen LogP contribution >= 0.6 is 11.3 Å². The van der Waals surface area contributed by atoms with E-state index in [2.05, 4.69) is 22.3 Å². The van der Waals surface area contributed by atoms with E-state index in [1.54, 1.807) is 6.07 Å². The molecule has 0 spiro atoms. The number of aryl methyl sites for hydroxylation is 1. The van der Waals surface area contributed by atoms with Gasteiger partial charge in [0.2, 0.25) is 0 Å². The number of benzene rings is 1. The van der Waals surface area contributed by atoms with Gasteiger partial charge in [0, 0.05) is 16.3 Å². The van der Waals surface area contributed by atoms with Crippen LogP contribution in [0.25, 0.3) is 32.2 Å². The van der Waals surface area contributed by atoms with E-state index < -0.39 is 0 Å². The monoisotopic (exact) mass is 306 g/mol. The van der Waals surface area contributed by atoms with E-state index in [1.165, 1.54) is 11.3 Å². The topological polar surface area (TPSA) is 65.4 Å². The number of rotatable bonds is 2. The third-order valence-electron chi connectivity index (χ3n) is 3.71. The Hall–Kier alpha value is -2.84. The second-order valence-electron chi connectivity index (χ2n) is 5.12. The second kappa shape index (κ2) is 4.58. The molecule has 0 unspecified atom stereocenters. The minimum atomic E-state index is 0.138. The van der Waals surface area contributed by atoms with Gasteiger partial charge in [-0.1, -0.05) is 35.1 Å². The number of H-pyrrole nitrogens is 1. The molecule has 22 heavy (non-hydrogen) atoms. The quantitative estimate of drug-likeness (QED) is 0.508. The Morgan fingerprint density at radius 2 is 2.14 bits per heavy atom. The molecule has 5 heteroatoms. The predicted molar refractivity (Wildman–Crippen MR) is 88.6 cm³/mol. The van der Waals surface area contributed by atoms with Crippen LogP contribution in [0.15, 0.2) is 35.5 Å². The molecule has 0 saturated heterocycles. The van der Waals surface area contributed by atoms with Crippen molar-refractivity contribution in [1.82, 2.24) is 4.98 Å². The van der Waals surface area contributed by atoms with Crippen molar-refractivity contribution >= 4 is 38.0 Å². The number of aromatic nitrogens is 1. The van der Waals surface area contributed by atoms with Crippen molar-refractivity contribution in [3.63, 3.8) is 0 Å². The first-order chi connectivity index (χ1) is 10.7. The van der Waals surface area contributed by atoms with Crippen LogP contribution in [0.1, 0.15) is 5.56 Å². The lowest BCUT2D eigenvalue weighted by atomic mass is 10.1. The van der Waals surface area contributed by atoms with E-state index in [-0.39, 0.29) is 5.06 Å². The van der Waals surface area contributed by atoms with Gasteiger partial charge in [0.1, 0.15) is 5.69 Å². The number of nitrogens with one attached hydrogen (secondary N) is 1. The van der Waals surface area contributed by atoms with Gasteiger partial charge in [-0.2, -0.15) is 0 Å². The molecule has 0 amide bonds. The van der Waals surface area contributed by atoms with Crippen LogP contribution in [0.2, 0.25) is 0 Å². The molecular formula is C17H10N2O2S. The van der Waals surface area contributed by atoms with Crippen molar-refractivity contribution in [3.8, 4) is 16.3 Å². The Labute approximate surface area is 130 Å². The van der Waals surface area contributed by atoms with Crippen molar-refractivity contribution < 1.29 is 5.11 Å². The molecule has 4 aromatic rings. The minimum Gasteiger partial charge on any atom is -0.499 e. The Morgan fingerprint density at radius 1 is 1.27 bits per heavy atom. The molecule has 0 aliphatic heterocycles. The van der Waals surface area contributed by atoms with Crippen molar-refractivity contribution in [2.75, 3.05) is 0 Å². The third kappa shape index (κ3) is 1.71. The molecule has 0 aliphatic rings. The summed E-state index contributed by atoms with van der Waals surface area (Å²) >= 11 is 1.21. The molecule has 0 atom stereocenters. The van der Waals surface area contributed by atoms with E-state index in [9.17, 15) is 10.0 Å². The molecule has 0 saturated carbocycles. The highest BCUT2D eigenvalue weighted by molar-refractivity contribution is 7.21. The number of fused-ring (bicyclic) bond motifs is 2. The highest BCUT2D eigenvalue weighted by Crippen LogP contribution is 2.47. The van der Waals surface area contributed by atoms with E-state index in [4.69, 9.17) is 0 Å². The average Bonchev–Trinajstić information content (AvgIpc) is 3.02. The lowest BCUT2D eigenvalue weighted by Gasteiger charge is -1.98. The van der Waals surface area contributed by atoms with E-state index >= 15 is 0 Å². The Balaban J connectivity index is 2.12. The summed E-state index contributed by atoms with van der Waals surface area (Å²) in [5.74, 6) is 0. The number of nitrogens with zero attached hydrogens (tertiary/aromatic N) is 1. The van der Waals surface area contributed by atoms with Crippen LogP contribution in [-0.2, 0) is 0 Å². The Morgan fingerprint density at radius 3 is 2.95 bits per heavy atom. The van der Waals surface area contributed by atoms with Gasteiger partial charge in [0.15, 0.2) is 5.06 Å². The summed E-state index contributed by atoms with van der Waals surface area (Å²) in [7, 11) is 0. The number of nitroso groups, excluding NO2 is 1. The van der Waals surface area contributed by atoms with E-state index in [1.807, 2.05) is 31.2 Å². The van der Waals surface area contributed by atoms with Gasteiger partial charge in [-0.05, 0) is 36.4 Å². The van der Waals surface area contributed by atoms with Crippen molar-refractivity contribution in [3.05, 3.63) is 52.9 Å². The molecule has 0 radical (unpaired) electrons. The van der Waals surface area contributed by atoms with Gasteiger partial charge in [0.05, 0.1) is 16.0 Å². The molecule has 0 aliphatic carbocycles. The van der Waals surface area contributed by atoms with Gasteiger partial charge >= 0.3 is 0 Å². The summed E-state index contributed by atoms with van der Waals surface area (Å²) in [4.78, 5) is 14.6. The fraction of sp³-hybridized carbons (Fsp3) is 0.0588. The molecular weight excluding hydrogens is 296 g/mol. The Kier molecular flexibility index (Phi) is 2.68. The maximum Gasteiger partial charge on any atom is 0.182 e. The standard InChI is InChI=1S/C17H10N2O2S/c1-9-6-7-12-11(8-9)15(19-21)16(18-12)14-10-4-2-3-5-13(10)22-17(14)20/h2,4,6-8,18,20H,1H3. The molecule has 2 N–H and O–H groups in total. The summed E-state index contributed by atoms with van der Waals surface area (Å²) in [6.45, 7) is 1.96. The average molecular weight is 306 g/mol. The van der Waals surface area contributed by atoms with Crippen molar-refractivity contribution in [1.29, 1.82) is 0 Å². The zero-order chi connectivity index (χ0) is 15.3. The normalized spacial score (nSPS) is 11.0. The number of hydrogen-bond acceptors (Lipinski definition) is 4. The van der Waals surface area contributed by atoms with Gasteiger partial charge in [-0.15, -0.1) is 4.91 Å². The molecule has 2 aromatic heterocycles. The van der Waals surface area contributed by atoms with Crippen molar-refractivity contribution in [2.45, 2.75) is 6.92 Å². The molecule has 4 nitrogen and oxygen atoms in total. The summed E-state index contributed by atoms with van der Waals surface area (Å²) < 4.78 is 0.793. The zero-order valence-corrected chi connectivity index (χ0v) is 12.4. The van der Waals surface area contributed by atoms with Gasteiger partial charge in [-0.25, -0.2) is 0 Å². The molecule has 4 rings (SSSR count). The fourth-order valence-corrected chi connectivity index (χ4v) is 3.62. The third-order valence-corrected chi connectivity index (χ3v) is 4.64. The van der Waals surface area contributed by atoms with E-state index in [0.717, 1.165) is 26.6 Å². The van der Waals surface area contributed by atoms with Crippen LogP contribution in [0.4, 0.5) is 5.69 Å². The number of hydrogen-bond donors (Lipinski definition) is 2. The number of aromatic hydroxyl groups is 1. The molecule has 2 aromatic carbocycles. The van der Waals surface area contributed by atoms with Crippen LogP contribution in [0.3, 0.4) is 0 Å². The molecule has 2 heterocycles. The molecule has 0 bridgehead atoms. The Bertz CT molecular complexity index is 1030. The maximum atomic E-state index is 11.4. The first kappa shape index (κ1) is 12.9. The second-order valence-corrected chi connectivity index (χ2v) is 6.12. The van der Waals surface area contributed by atoms with Crippen molar-refractivity contribution in [2.24, 2.45) is 5.18 Å². The van der Waals surface area contributed by atoms with Crippen LogP contribution in [0, 0.1) is 24.0 Å². The van der Waals surface area contributed by atoms with E-state index in [0.29, 0.717) is 16.9 Å². The largest absolute Gasteiger partial charge is 0.499 e. The van der Waals surface area contributed by atoms with Gasteiger partial charge in [0.25, 0.3) is 0 Å². The summed E-state index contributed by atoms with van der Waals surface area (Å²) in [6, 6.07) is 15.2. The lowest BCUT2D eigenvalue weighted by Crippen LogP contribution is -1.76. The zero-order valence-electron chi connectivity index (χ0n) is 11.6.